The molecule has 88 valence electrons. The zero-order valence-electron chi connectivity index (χ0n) is 8.14. The molecule has 0 radical (unpaired) electrons. The van der Waals surface area contributed by atoms with Gasteiger partial charge in [-0.1, -0.05) is 15.9 Å². The van der Waals surface area contributed by atoms with Gasteiger partial charge in [-0.05, 0) is 24.3 Å². The van der Waals surface area contributed by atoms with E-state index in [-0.39, 0.29) is 0 Å². The van der Waals surface area contributed by atoms with Gasteiger partial charge in [0.2, 0.25) is 0 Å². The Labute approximate surface area is 99.0 Å². The second-order valence-electron chi connectivity index (χ2n) is 3.13. The van der Waals surface area contributed by atoms with Gasteiger partial charge in [0.05, 0.1) is 6.42 Å². The van der Waals surface area contributed by atoms with Crippen molar-refractivity contribution in [3.05, 3.63) is 34.3 Å². The van der Waals surface area contributed by atoms with Crippen LogP contribution in [0.1, 0.15) is 16.8 Å². The van der Waals surface area contributed by atoms with Gasteiger partial charge < -0.3 is 5.32 Å². The van der Waals surface area contributed by atoms with E-state index in [0.29, 0.717) is 5.56 Å². The Kier molecular flexibility index (Phi) is 4.35. The minimum atomic E-state index is -4.24. The van der Waals surface area contributed by atoms with Gasteiger partial charge in [0.15, 0.2) is 0 Å². The van der Waals surface area contributed by atoms with Crippen molar-refractivity contribution in [3.8, 4) is 0 Å². The standard InChI is InChI=1S/C10H9BrF3NO/c11-8-3-1-7(2-4-8)9(16)15-6-5-10(12,13)14/h1-4H,5-6H2,(H,15,16). The Morgan fingerprint density at radius 1 is 1.25 bits per heavy atom. The maximum Gasteiger partial charge on any atom is 0.390 e. The second-order valence-corrected chi connectivity index (χ2v) is 4.04. The van der Waals surface area contributed by atoms with Crippen molar-refractivity contribution in [1.29, 1.82) is 0 Å². The van der Waals surface area contributed by atoms with E-state index in [4.69, 9.17) is 0 Å². The highest BCUT2D eigenvalue weighted by Crippen LogP contribution is 2.18. The Hall–Kier alpha value is -1.04. The van der Waals surface area contributed by atoms with E-state index in [1.54, 1.807) is 12.1 Å². The number of hydrogen-bond acceptors (Lipinski definition) is 1. The summed E-state index contributed by atoms with van der Waals surface area (Å²) in [4.78, 5) is 11.3. The van der Waals surface area contributed by atoms with Gasteiger partial charge in [0.1, 0.15) is 0 Å². The summed E-state index contributed by atoms with van der Waals surface area (Å²) >= 11 is 3.19. The van der Waals surface area contributed by atoms with Crippen LogP contribution in [0.3, 0.4) is 0 Å². The van der Waals surface area contributed by atoms with Crippen LogP contribution < -0.4 is 5.32 Å². The zero-order valence-corrected chi connectivity index (χ0v) is 9.73. The van der Waals surface area contributed by atoms with Crippen LogP contribution in [0.2, 0.25) is 0 Å². The van der Waals surface area contributed by atoms with E-state index >= 15 is 0 Å². The molecule has 6 heteroatoms. The molecule has 0 heterocycles. The van der Waals surface area contributed by atoms with E-state index in [2.05, 4.69) is 21.2 Å². The lowest BCUT2D eigenvalue weighted by atomic mass is 10.2. The summed E-state index contributed by atoms with van der Waals surface area (Å²) < 4.78 is 36.2. The van der Waals surface area contributed by atoms with Crippen LogP contribution >= 0.6 is 15.9 Å². The number of rotatable bonds is 3. The molecule has 0 bridgehead atoms. The molecule has 0 aliphatic heterocycles. The van der Waals surface area contributed by atoms with Gasteiger partial charge in [-0.15, -0.1) is 0 Å². The van der Waals surface area contributed by atoms with Crippen LogP contribution in [0.25, 0.3) is 0 Å². The van der Waals surface area contributed by atoms with E-state index in [0.717, 1.165) is 4.47 Å². The molecule has 1 rings (SSSR count). The fraction of sp³-hybridized carbons (Fsp3) is 0.300. The van der Waals surface area contributed by atoms with Gasteiger partial charge in [-0.25, -0.2) is 0 Å². The second kappa shape index (κ2) is 5.34. The van der Waals surface area contributed by atoms with Crippen molar-refractivity contribution in [2.45, 2.75) is 12.6 Å². The molecule has 0 fully saturated rings. The Morgan fingerprint density at radius 3 is 2.31 bits per heavy atom. The molecule has 0 aliphatic carbocycles. The van der Waals surface area contributed by atoms with E-state index in [1.807, 2.05) is 0 Å². The number of hydrogen-bond donors (Lipinski definition) is 1. The van der Waals surface area contributed by atoms with Crippen molar-refractivity contribution >= 4 is 21.8 Å². The monoisotopic (exact) mass is 295 g/mol. The van der Waals surface area contributed by atoms with E-state index in [9.17, 15) is 18.0 Å². The maximum atomic E-state index is 11.8. The lowest BCUT2D eigenvalue weighted by Crippen LogP contribution is -2.27. The topological polar surface area (TPSA) is 29.1 Å². The highest BCUT2D eigenvalue weighted by Gasteiger charge is 2.26. The first-order valence-electron chi connectivity index (χ1n) is 4.49. The molecule has 0 atom stereocenters. The smallest absolute Gasteiger partial charge is 0.352 e. The molecular formula is C10H9BrF3NO. The van der Waals surface area contributed by atoms with Crippen molar-refractivity contribution in [3.63, 3.8) is 0 Å². The molecule has 0 saturated heterocycles. The predicted octanol–water partition coefficient (Wildman–Crippen LogP) is 3.13. The first-order valence-corrected chi connectivity index (χ1v) is 5.28. The number of amides is 1. The largest absolute Gasteiger partial charge is 0.390 e. The van der Waals surface area contributed by atoms with Gasteiger partial charge in [0, 0.05) is 16.6 Å². The van der Waals surface area contributed by atoms with Gasteiger partial charge in [-0.3, -0.25) is 4.79 Å². The Morgan fingerprint density at radius 2 is 1.81 bits per heavy atom. The Balaban J connectivity index is 2.44. The lowest BCUT2D eigenvalue weighted by molar-refractivity contribution is -0.132. The fourth-order valence-corrected chi connectivity index (χ4v) is 1.29. The average Bonchev–Trinajstić information content (AvgIpc) is 2.16. The third-order valence-corrected chi connectivity index (χ3v) is 2.33. The summed E-state index contributed by atoms with van der Waals surface area (Å²) in [6, 6.07) is 6.37. The first-order chi connectivity index (χ1) is 7.38. The zero-order chi connectivity index (χ0) is 12.2. The van der Waals surface area contributed by atoms with Crippen molar-refractivity contribution in [1.82, 2.24) is 5.32 Å². The summed E-state index contributed by atoms with van der Waals surface area (Å²) in [7, 11) is 0. The quantitative estimate of drug-likeness (QED) is 0.912. The molecule has 2 nitrogen and oxygen atoms in total. The molecule has 0 unspecified atom stereocenters. The van der Waals surface area contributed by atoms with Crippen molar-refractivity contribution in [2.75, 3.05) is 6.54 Å². The van der Waals surface area contributed by atoms with Crippen LogP contribution in [-0.2, 0) is 0 Å². The first kappa shape index (κ1) is 13.0. The number of halogens is 4. The molecule has 0 saturated carbocycles. The third-order valence-electron chi connectivity index (χ3n) is 1.80. The fourth-order valence-electron chi connectivity index (χ4n) is 1.02. The summed E-state index contributed by atoms with van der Waals surface area (Å²) in [6.07, 6.45) is -5.26. The van der Waals surface area contributed by atoms with Gasteiger partial charge in [-0.2, -0.15) is 13.2 Å². The molecule has 0 aliphatic rings. The molecule has 1 N–H and O–H groups in total. The third kappa shape index (κ3) is 4.65. The van der Waals surface area contributed by atoms with Crippen LogP contribution in [0.4, 0.5) is 13.2 Å². The van der Waals surface area contributed by atoms with Crippen LogP contribution in [-0.4, -0.2) is 18.6 Å². The number of carbonyl (C=O) groups excluding carboxylic acids is 1. The van der Waals surface area contributed by atoms with Crippen molar-refractivity contribution < 1.29 is 18.0 Å². The molecule has 1 aromatic rings. The molecular weight excluding hydrogens is 287 g/mol. The summed E-state index contributed by atoms with van der Waals surface area (Å²) in [5.74, 6) is -0.503. The highest BCUT2D eigenvalue weighted by molar-refractivity contribution is 9.10. The van der Waals surface area contributed by atoms with Crippen LogP contribution in [0.15, 0.2) is 28.7 Å². The summed E-state index contributed by atoms with van der Waals surface area (Å²) in [6.45, 7) is -0.404. The molecule has 0 spiro atoms. The predicted molar refractivity (Wildman–Crippen MR) is 57.1 cm³/mol. The number of alkyl halides is 3. The van der Waals surface area contributed by atoms with E-state index < -0.39 is 25.0 Å². The van der Waals surface area contributed by atoms with Crippen LogP contribution in [0, 0.1) is 0 Å². The summed E-state index contributed by atoms with van der Waals surface area (Å²) in [5, 5.41) is 2.20. The highest BCUT2D eigenvalue weighted by atomic mass is 79.9. The minimum absolute atomic E-state index is 0.338. The minimum Gasteiger partial charge on any atom is -0.352 e. The molecule has 16 heavy (non-hydrogen) atoms. The number of benzene rings is 1. The Bertz CT molecular complexity index is 361. The summed E-state index contributed by atoms with van der Waals surface area (Å²) in [5.41, 5.74) is 0.338. The van der Waals surface area contributed by atoms with Crippen LogP contribution in [0.5, 0.6) is 0 Å². The normalized spacial score (nSPS) is 11.2. The van der Waals surface area contributed by atoms with Crippen molar-refractivity contribution in [2.24, 2.45) is 0 Å². The molecule has 0 aromatic heterocycles. The van der Waals surface area contributed by atoms with Gasteiger partial charge in [0.25, 0.3) is 5.91 Å². The number of carbonyl (C=O) groups is 1. The average molecular weight is 296 g/mol. The lowest BCUT2D eigenvalue weighted by Gasteiger charge is -2.07. The van der Waals surface area contributed by atoms with Gasteiger partial charge >= 0.3 is 6.18 Å². The molecule has 1 aromatic carbocycles. The maximum absolute atomic E-state index is 11.8. The molecule has 1 amide bonds. The number of nitrogens with one attached hydrogen (secondary N) is 1. The SMILES string of the molecule is O=C(NCCC(F)(F)F)c1ccc(Br)cc1. The van der Waals surface area contributed by atoms with E-state index in [1.165, 1.54) is 12.1 Å².